The average Bonchev–Trinajstić information content (AvgIpc) is 2.69. The third-order valence-corrected chi connectivity index (χ3v) is 3.92. The lowest BCUT2D eigenvalue weighted by atomic mass is 10.0. The van der Waals surface area contributed by atoms with Gasteiger partial charge < -0.3 is 15.4 Å². The van der Waals surface area contributed by atoms with Gasteiger partial charge in [-0.1, -0.05) is 0 Å². The molecule has 0 radical (unpaired) electrons. The molecule has 0 spiro atoms. The zero-order chi connectivity index (χ0) is 17.4. The Hall–Kier alpha value is -2.05. The standard InChI is InChI=1S/C16H26N4O3/c1-10-12(13(17)19(5)18-10)14(21)20-9-7-6-8-11(20)15(22)23-16(2,3)4/h11H,6-9,17H2,1-5H3. The van der Waals surface area contributed by atoms with Crippen LogP contribution in [0.3, 0.4) is 0 Å². The Balaban J connectivity index is 2.27. The number of rotatable bonds is 2. The van der Waals surface area contributed by atoms with Crippen molar-refractivity contribution in [3.63, 3.8) is 0 Å². The van der Waals surface area contributed by atoms with Crippen LogP contribution in [0.1, 0.15) is 56.1 Å². The molecular weight excluding hydrogens is 296 g/mol. The van der Waals surface area contributed by atoms with Crippen LogP contribution in [-0.2, 0) is 16.6 Å². The maximum atomic E-state index is 12.9. The van der Waals surface area contributed by atoms with E-state index in [-0.39, 0.29) is 11.9 Å². The molecule has 1 atom stereocenters. The van der Waals surface area contributed by atoms with E-state index in [0.29, 0.717) is 30.0 Å². The Morgan fingerprint density at radius 1 is 1.30 bits per heavy atom. The molecule has 7 heteroatoms. The summed E-state index contributed by atoms with van der Waals surface area (Å²) in [6, 6.07) is -0.561. The van der Waals surface area contributed by atoms with Crippen LogP contribution in [0.25, 0.3) is 0 Å². The molecule has 128 valence electrons. The maximum absolute atomic E-state index is 12.9. The van der Waals surface area contributed by atoms with Gasteiger partial charge in [0, 0.05) is 13.6 Å². The number of nitrogen functional groups attached to an aromatic ring is 1. The lowest BCUT2D eigenvalue weighted by Gasteiger charge is -2.35. The molecule has 0 bridgehead atoms. The zero-order valence-electron chi connectivity index (χ0n) is 14.5. The minimum atomic E-state index is -0.577. The number of ether oxygens (including phenoxy) is 1. The van der Waals surface area contributed by atoms with Crippen molar-refractivity contribution in [2.45, 2.75) is 58.6 Å². The predicted molar refractivity (Wildman–Crippen MR) is 86.9 cm³/mol. The fourth-order valence-corrected chi connectivity index (χ4v) is 2.87. The van der Waals surface area contributed by atoms with Gasteiger partial charge in [-0.05, 0) is 47.0 Å². The molecule has 1 unspecified atom stereocenters. The summed E-state index contributed by atoms with van der Waals surface area (Å²) in [7, 11) is 1.70. The Morgan fingerprint density at radius 2 is 1.96 bits per heavy atom. The summed E-state index contributed by atoms with van der Waals surface area (Å²) in [5.74, 6) is -0.282. The topological polar surface area (TPSA) is 90.5 Å². The first-order valence-electron chi connectivity index (χ1n) is 7.94. The Kier molecular flexibility index (Phi) is 4.68. The van der Waals surface area contributed by atoms with E-state index in [0.717, 1.165) is 12.8 Å². The molecule has 0 aromatic carbocycles. The molecule has 1 fully saturated rings. The molecular formula is C16H26N4O3. The third-order valence-electron chi connectivity index (χ3n) is 3.92. The second-order valence-electron chi connectivity index (χ2n) is 7.01. The summed E-state index contributed by atoms with van der Waals surface area (Å²) in [5.41, 5.74) is 6.34. The van der Waals surface area contributed by atoms with Crippen LogP contribution >= 0.6 is 0 Å². The summed E-state index contributed by atoms with van der Waals surface area (Å²) in [6.07, 6.45) is 2.37. The zero-order valence-corrected chi connectivity index (χ0v) is 14.5. The van der Waals surface area contributed by atoms with Gasteiger partial charge in [0.1, 0.15) is 23.0 Å². The van der Waals surface area contributed by atoms with E-state index in [1.165, 1.54) is 4.68 Å². The number of aryl methyl sites for hydroxylation is 2. The van der Waals surface area contributed by atoms with Crippen molar-refractivity contribution in [2.24, 2.45) is 7.05 Å². The smallest absolute Gasteiger partial charge is 0.329 e. The molecule has 1 aromatic rings. The third kappa shape index (κ3) is 3.65. The predicted octanol–water partition coefficient (Wildman–Crippen LogP) is 1.65. The van der Waals surface area contributed by atoms with Crippen LogP contribution in [-0.4, -0.2) is 44.7 Å². The van der Waals surface area contributed by atoms with Crippen LogP contribution in [0, 0.1) is 6.92 Å². The number of carbonyl (C=O) groups excluding carboxylic acids is 2. The fraction of sp³-hybridized carbons (Fsp3) is 0.688. The van der Waals surface area contributed by atoms with E-state index >= 15 is 0 Å². The lowest BCUT2D eigenvalue weighted by Crippen LogP contribution is -2.50. The largest absolute Gasteiger partial charge is 0.458 e. The number of carbonyl (C=O) groups is 2. The van der Waals surface area contributed by atoms with Crippen molar-refractivity contribution in [2.75, 3.05) is 12.3 Å². The van der Waals surface area contributed by atoms with E-state index in [1.54, 1.807) is 18.9 Å². The first kappa shape index (κ1) is 17.3. The first-order chi connectivity index (χ1) is 10.6. The van der Waals surface area contributed by atoms with E-state index in [1.807, 2.05) is 20.8 Å². The van der Waals surface area contributed by atoms with Gasteiger partial charge in [0.25, 0.3) is 5.91 Å². The summed E-state index contributed by atoms with van der Waals surface area (Å²) >= 11 is 0. The highest BCUT2D eigenvalue weighted by Gasteiger charge is 2.37. The van der Waals surface area contributed by atoms with Gasteiger partial charge >= 0.3 is 5.97 Å². The van der Waals surface area contributed by atoms with Crippen molar-refractivity contribution in [1.82, 2.24) is 14.7 Å². The van der Waals surface area contributed by atoms with Gasteiger partial charge in [-0.25, -0.2) is 4.79 Å². The van der Waals surface area contributed by atoms with Crippen molar-refractivity contribution < 1.29 is 14.3 Å². The van der Waals surface area contributed by atoms with Crippen LogP contribution in [0.2, 0.25) is 0 Å². The van der Waals surface area contributed by atoms with E-state index in [4.69, 9.17) is 10.5 Å². The molecule has 1 saturated heterocycles. The minimum Gasteiger partial charge on any atom is -0.458 e. The Labute approximate surface area is 136 Å². The van der Waals surface area contributed by atoms with Crippen molar-refractivity contribution >= 4 is 17.7 Å². The quantitative estimate of drug-likeness (QED) is 0.836. The van der Waals surface area contributed by atoms with Gasteiger partial charge in [-0.3, -0.25) is 9.48 Å². The number of hydrogen-bond acceptors (Lipinski definition) is 5. The number of nitrogens with zero attached hydrogens (tertiary/aromatic N) is 3. The number of likely N-dealkylation sites (tertiary alicyclic amines) is 1. The summed E-state index contributed by atoms with van der Waals surface area (Å²) in [6.45, 7) is 7.74. The first-order valence-corrected chi connectivity index (χ1v) is 7.94. The number of hydrogen-bond donors (Lipinski definition) is 1. The molecule has 0 aliphatic carbocycles. The number of aromatic nitrogens is 2. The summed E-state index contributed by atoms with van der Waals surface area (Å²) in [4.78, 5) is 27.0. The number of esters is 1. The number of anilines is 1. The van der Waals surface area contributed by atoms with Crippen LogP contribution in [0.5, 0.6) is 0 Å². The lowest BCUT2D eigenvalue weighted by molar-refractivity contribution is -0.161. The van der Waals surface area contributed by atoms with Crippen molar-refractivity contribution in [3.05, 3.63) is 11.3 Å². The van der Waals surface area contributed by atoms with Gasteiger partial charge in [0.2, 0.25) is 0 Å². The van der Waals surface area contributed by atoms with Crippen molar-refractivity contribution in [1.29, 1.82) is 0 Å². The molecule has 7 nitrogen and oxygen atoms in total. The fourth-order valence-electron chi connectivity index (χ4n) is 2.87. The molecule has 2 rings (SSSR count). The van der Waals surface area contributed by atoms with Gasteiger partial charge in [0.05, 0.1) is 5.69 Å². The number of piperidine rings is 1. The van der Waals surface area contributed by atoms with Crippen molar-refractivity contribution in [3.8, 4) is 0 Å². The van der Waals surface area contributed by atoms with Gasteiger partial charge in [-0.2, -0.15) is 5.10 Å². The highest BCUT2D eigenvalue weighted by molar-refractivity contribution is 6.01. The molecule has 0 saturated carbocycles. The molecule has 23 heavy (non-hydrogen) atoms. The van der Waals surface area contributed by atoms with Crippen LogP contribution in [0.4, 0.5) is 5.82 Å². The Bertz CT molecular complexity index is 616. The summed E-state index contributed by atoms with van der Waals surface area (Å²) < 4.78 is 6.96. The average molecular weight is 322 g/mol. The molecule has 1 aliphatic heterocycles. The van der Waals surface area contributed by atoms with E-state index in [2.05, 4.69) is 5.10 Å². The molecule has 2 heterocycles. The van der Waals surface area contributed by atoms with Gasteiger partial charge in [-0.15, -0.1) is 0 Å². The second kappa shape index (κ2) is 6.22. The number of amides is 1. The van der Waals surface area contributed by atoms with E-state index < -0.39 is 11.6 Å². The minimum absolute atomic E-state index is 0.247. The highest BCUT2D eigenvalue weighted by atomic mass is 16.6. The van der Waals surface area contributed by atoms with E-state index in [9.17, 15) is 9.59 Å². The van der Waals surface area contributed by atoms with Crippen LogP contribution in [0.15, 0.2) is 0 Å². The van der Waals surface area contributed by atoms with Gasteiger partial charge in [0.15, 0.2) is 0 Å². The van der Waals surface area contributed by atoms with Crippen LogP contribution < -0.4 is 5.73 Å². The molecule has 1 amide bonds. The maximum Gasteiger partial charge on any atom is 0.329 e. The Morgan fingerprint density at radius 3 is 2.48 bits per heavy atom. The normalized spacial score (nSPS) is 18.8. The number of nitrogens with two attached hydrogens (primary N) is 1. The SMILES string of the molecule is Cc1nn(C)c(N)c1C(=O)N1CCCCC1C(=O)OC(C)(C)C. The highest BCUT2D eigenvalue weighted by Crippen LogP contribution is 2.25. The molecule has 1 aromatic heterocycles. The molecule has 1 aliphatic rings. The monoisotopic (exact) mass is 322 g/mol. The summed E-state index contributed by atoms with van der Waals surface area (Å²) in [5, 5.41) is 4.18. The molecule has 2 N–H and O–H groups in total. The second-order valence-corrected chi connectivity index (χ2v) is 7.01.